The van der Waals surface area contributed by atoms with Crippen molar-refractivity contribution in [3.63, 3.8) is 0 Å². The summed E-state index contributed by atoms with van der Waals surface area (Å²) in [5.74, 6) is 0. The molecule has 0 amide bonds. The standard InChI is InChI=1S/C13H18Cl2N2O2/c14-11-3-1-4-12(13(11)15)16-5-7-17(8-6-16)19-10-2-9-18/h1,3-4,18H,2,5-10H2. The van der Waals surface area contributed by atoms with Crippen LogP contribution in [0.1, 0.15) is 6.42 Å². The van der Waals surface area contributed by atoms with Gasteiger partial charge in [0.05, 0.1) is 22.3 Å². The van der Waals surface area contributed by atoms with Gasteiger partial charge in [-0.25, -0.2) is 0 Å². The minimum absolute atomic E-state index is 0.165. The molecule has 0 bridgehead atoms. The van der Waals surface area contributed by atoms with Crippen LogP contribution in [0.5, 0.6) is 0 Å². The fourth-order valence-electron chi connectivity index (χ4n) is 2.05. The van der Waals surface area contributed by atoms with Gasteiger partial charge in [-0.05, 0) is 18.6 Å². The molecule has 106 valence electrons. The molecule has 0 spiro atoms. The largest absolute Gasteiger partial charge is 0.396 e. The SMILES string of the molecule is OCCCON1CCN(c2cccc(Cl)c2Cl)CC1. The second-order valence-corrected chi connectivity index (χ2v) is 5.18. The molecule has 1 fully saturated rings. The number of piperazine rings is 1. The Kier molecular flexibility index (Phi) is 5.73. The number of benzene rings is 1. The first-order chi connectivity index (χ1) is 9.22. The van der Waals surface area contributed by atoms with Gasteiger partial charge in [0.2, 0.25) is 0 Å². The van der Waals surface area contributed by atoms with Crippen LogP contribution < -0.4 is 4.90 Å². The zero-order valence-electron chi connectivity index (χ0n) is 10.7. The lowest BCUT2D eigenvalue weighted by molar-refractivity contribution is -0.163. The van der Waals surface area contributed by atoms with Crippen LogP contribution in [0, 0.1) is 0 Å². The van der Waals surface area contributed by atoms with E-state index in [9.17, 15) is 0 Å². The molecule has 1 aliphatic heterocycles. The molecule has 1 aromatic carbocycles. The Morgan fingerprint density at radius 2 is 1.89 bits per heavy atom. The Balaban J connectivity index is 1.87. The van der Waals surface area contributed by atoms with Crippen LogP contribution in [0.2, 0.25) is 10.0 Å². The second-order valence-electron chi connectivity index (χ2n) is 4.40. The van der Waals surface area contributed by atoms with Crippen LogP contribution in [-0.2, 0) is 4.84 Å². The van der Waals surface area contributed by atoms with Crippen LogP contribution in [0.25, 0.3) is 0 Å². The molecule has 4 nitrogen and oxygen atoms in total. The zero-order valence-corrected chi connectivity index (χ0v) is 12.2. The van der Waals surface area contributed by atoms with E-state index in [1.165, 1.54) is 0 Å². The average molecular weight is 305 g/mol. The fourth-order valence-corrected chi connectivity index (χ4v) is 2.47. The topological polar surface area (TPSA) is 35.9 Å². The highest BCUT2D eigenvalue weighted by molar-refractivity contribution is 6.43. The van der Waals surface area contributed by atoms with Gasteiger partial charge in [0.15, 0.2) is 0 Å². The van der Waals surface area contributed by atoms with Gasteiger partial charge in [0, 0.05) is 32.8 Å². The van der Waals surface area contributed by atoms with E-state index in [0.717, 1.165) is 31.9 Å². The third-order valence-corrected chi connectivity index (χ3v) is 3.90. The van der Waals surface area contributed by atoms with Gasteiger partial charge in [-0.3, -0.25) is 4.84 Å². The molecular formula is C13H18Cl2N2O2. The number of aliphatic hydroxyl groups excluding tert-OH is 1. The van der Waals surface area contributed by atoms with Crippen molar-refractivity contribution in [1.29, 1.82) is 0 Å². The molecule has 0 radical (unpaired) electrons. The fraction of sp³-hybridized carbons (Fsp3) is 0.538. The number of anilines is 1. The molecule has 1 aromatic rings. The zero-order chi connectivity index (χ0) is 13.7. The molecule has 0 atom stereocenters. The number of hydrogen-bond acceptors (Lipinski definition) is 4. The minimum atomic E-state index is 0.165. The first-order valence-corrected chi connectivity index (χ1v) is 7.15. The molecule has 6 heteroatoms. The lowest BCUT2D eigenvalue weighted by atomic mass is 10.2. The summed E-state index contributed by atoms with van der Waals surface area (Å²) in [6.07, 6.45) is 0.667. The normalized spacial score (nSPS) is 16.9. The van der Waals surface area contributed by atoms with Crippen LogP contribution in [0.3, 0.4) is 0 Å². The molecule has 0 unspecified atom stereocenters. The van der Waals surface area contributed by atoms with Gasteiger partial charge in [-0.15, -0.1) is 0 Å². The quantitative estimate of drug-likeness (QED) is 0.848. The van der Waals surface area contributed by atoms with E-state index in [1.807, 2.05) is 17.2 Å². The molecule has 1 N–H and O–H groups in total. The van der Waals surface area contributed by atoms with E-state index in [1.54, 1.807) is 6.07 Å². The third-order valence-electron chi connectivity index (χ3n) is 3.09. The summed E-state index contributed by atoms with van der Waals surface area (Å²) in [7, 11) is 0. The van der Waals surface area contributed by atoms with Crippen molar-refractivity contribution in [3.05, 3.63) is 28.2 Å². The minimum Gasteiger partial charge on any atom is -0.396 e. The van der Waals surface area contributed by atoms with Gasteiger partial charge in [0.1, 0.15) is 0 Å². The summed E-state index contributed by atoms with van der Waals surface area (Å²) >= 11 is 12.2. The van der Waals surface area contributed by atoms with Crippen molar-refractivity contribution in [2.24, 2.45) is 0 Å². The van der Waals surface area contributed by atoms with Crippen molar-refractivity contribution in [1.82, 2.24) is 5.06 Å². The lowest BCUT2D eigenvalue weighted by Crippen LogP contribution is -2.46. The average Bonchev–Trinajstić information content (AvgIpc) is 2.43. The Morgan fingerprint density at radius 1 is 1.16 bits per heavy atom. The van der Waals surface area contributed by atoms with E-state index in [2.05, 4.69) is 4.90 Å². The molecular weight excluding hydrogens is 287 g/mol. The van der Waals surface area contributed by atoms with Crippen molar-refractivity contribution < 1.29 is 9.94 Å². The van der Waals surface area contributed by atoms with E-state index < -0.39 is 0 Å². The Hall–Kier alpha value is -0.520. The molecule has 0 aromatic heterocycles. The van der Waals surface area contributed by atoms with Crippen LogP contribution in [0.4, 0.5) is 5.69 Å². The van der Waals surface area contributed by atoms with Crippen molar-refractivity contribution in [2.75, 3.05) is 44.3 Å². The Bertz CT molecular complexity index is 410. The van der Waals surface area contributed by atoms with Crippen LogP contribution in [-0.4, -0.2) is 49.6 Å². The summed E-state index contributed by atoms with van der Waals surface area (Å²) in [6.45, 7) is 4.05. The highest BCUT2D eigenvalue weighted by Crippen LogP contribution is 2.32. The number of rotatable bonds is 5. The van der Waals surface area contributed by atoms with E-state index >= 15 is 0 Å². The van der Waals surface area contributed by atoms with Gasteiger partial charge in [-0.1, -0.05) is 29.3 Å². The molecule has 1 aliphatic rings. The Morgan fingerprint density at radius 3 is 2.58 bits per heavy atom. The van der Waals surface area contributed by atoms with E-state index in [4.69, 9.17) is 33.1 Å². The summed E-state index contributed by atoms with van der Waals surface area (Å²) in [5, 5.41) is 11.8. The van der Waals surface area contributed by atoms with E-state index in [-0.39, 0.29) is 6.61 Å². The second kappa shape index (κ2) is 7.31. The number of aliphatic hydroxyl groups is 1. The maximum absolute atomic E-state index is 8.71. The molecule has 1 saturated heterocycles. The first kappa shape index (κ1) is 14.9. The summed E-state index contributed by atoms with van der Waals surface area (Å²) in [4.78, 5) is 7.76. The smallest absolute Gasteiger partial charge is 0.0825 e. The maximum atomic E-state index is 8.71. The van der Waals surface area contributed by atoms with Gasteiger partial charge in [0.25, 0.3) is 0 Å². The summed E-state index contributed by atoms with van der Waals surface area (Å²) in [6, 6.07) is 5.69. The van der Waals surface area contributed by atoms with Crippen molar-refractivity contribution in [3.8, 4) is 0 Å². The lowest BCUT2D eigenvalue weighted by Gasteiger charge is -2.35. The molecule has 0 saturated carbocycles. The predicted molar refractivity (Wildman–Crippen MR) is 77.9 cm³/mol. The predicted octanol–water partition coefficient (Wildman–Crippen LogP) is 2.43. The van der Waals surface area contributed by atoms with E-state index in [0.29, 0.717) is 23.1 Å². The van der Waals surface area contributed by atoms with Gasteiger partial charge >= 0.3 is 0 Å². The first-order valence-electron chi connectivity index (χ1n) is 6.40. The Labute approximate surface area is 123 Å². The number of hydroxylamine groups is 2. The highest BCUT2D eigenvalue weighted by Gasteiger charge is 2.19. The molecule has 0 aliphatic carbocycles. The van der Waals surface area contributed by atoms with Crippen molar-refractivity contribution in [2.45, 2.75) is 6.42 Å². The van der Waals surface area contributed by atoms with Crippen molar-refractivity contribution >= 4 is 28.9 Å². The summed E-state index contributed by atoms with van der Waals surface area (Å²) < 4.78 is 0. The number of halogens is 2. The van der Waals surface area contributed by atoms with Crippen LogP contribution >= 0.6 is 23.2 Å². The van der Waals surface area contributed by atoms with Gasteiger partial charge in [-0.2, -0.15) is 5.06 Å². The third kappa shape index (κ3) is 3.97. The molecule has 19 heavy (non-hydrogen) atoms. The van der Waals surface area contributed by atoms with Crippen LogP contribution in [0.15, 0.2) is 18.2 Å². The highest BCUT2D eigenvalue weighted by atomic mass is 35.5. The van der Waals surface area contributed by atoms with Gasteiger partial charge < -0.3 is 10.0 Å². The number of hydrogen-bond donors (Lipinski definition) is 1. The molecule has 1 heterocycles. The monoisotopic (exact) mass is 304 g/mol. The molecule has 2 rings (SSSR count). The number of nitrogens with zero attached hydrogens (tertiary/aromatic N) is 2. The summed E-state index contributed by atoms with van der Waals surface area (Å²) in [5.41, 5.74) is 0.976. The maximum Gasteiger partial charge on any atom is 0.0825 e.